The van der Waals surface area contributed by atoms with Gasteiger partial charge in [0.1, 0.15) is 11.5 Å². The van der Waals surface area contributed by atoms with Gasteiger partial charge >= 0.3 is 5.97 Å². The first-order chi connectivity index (χ1) is 15.4. The number of esters is 1. The van der Waals surface area contributed by atoms with Crippen LogP contribution >= 0.6 is 0 Å². The van der Waals surface area contributed by atoms with Crippen LogP contribution in [-0.4, -0.2) is 48.6 Å². The molecule has 1 fully saturated rings. The molecule has 2 aromatic rings. The molecular weight excluding hydrogens is 414 g/mol. The molecule has 0 aromatic carbocycles. The van der Waals surface area contributed by atoms with Gasteiger partial charge in [-0.25, -0.2) is 5.43 Å². The summed E-state index contributed by atoms with van der Waals surface area (Å²) in [6.07, 6.45) is 4.81. The van der Waals surface area contributed by atoms with Crippen LogP contribution in [0.5, 0.6) is 0 Å². The normalized spacial score (nSPS) is 17.8. The number of hydrogen-bond donors (Lipinski definition) is 1. The zero-order chi connectivity index (χ0) is 22.8. The number of methoxy groups -OCH3 is 1. The second-order valence-electron chi connectivity index (χ2n) is 8.19. The summed E-state index contributed by atoms with van der Waals surface area (Å²) in [5.41, 5.74) is 5.25. The number of nitrogens with zero attached hydrogens (tertiary/aromatic N) is 2. The summed E-state index contributed by atoms with van der Waals surface area (Å²) < 4.78 is 16.0. The summed E-state index contributed by atoms with van der Waals surface area (Å²) in [4.78, 5) is 39.0. The first-order valence-corrected chi connectivity index (χ1v) is 10.8. The van der Waals surface area contributed by atoms with Gasteiger partial charge in [-0.2, -0.15) is 5.10 Å². The summed E-state index contributed by atoms with van der Waals surface area (Å²) in [5, 5.41) is 4.35. The van der Waals surface area contributed by atoms with Crippen LogP contribution in [-0.2, 0) is 16.0 Å². The van der Waals surface area contributed by atoms with Crippen LogP contribution in [0.3, 0.4) is 0 Å². The van der Waals surface area contributed by atoms with E-state index in [0.717, 1.165) is 17.5 Å². The van der Waals surface area contributed by atoms with E-state index in [0.29, 0.717) is 67.3 Å². The fourth-order valence-corrected chi connectivity index (χ4v) is 4.41. The largest absolute Gasteiger partial charge is 0.469 e. The molecule has 2 aliphatic rings. The highest BCUT2D eigenvalue weighted by molar-refractivity contribution is 6.07. The number of piperidine rings is 1. The molecule has 9 nitrogen and oxygen atoms in total. The van der Waals surface area contributed by atoms with Gasteiger partial charge in [0.05, 0.1) is 30.6 Å². The smallest absolute Gasteiger partial charge is 0.308 e. The maximum atomic E-state index is 13.1. The van der Waals surface area contributed by atoms with Gasteiger partial charge in [-0.3, -0.25) is 14.4 Å². The maximum absolute atomic E-state index is 13.1. The number of carbonyl (C=O) groups is 3. The van der Waals surface area contributed by atoms with Crippen LogP contribution in [0.2, 0.25) is 0 Å². The Morgan fingerprint density at radius 1 is 1.19 bits per heavy atom. The number of amides is 2. The van der Waals surface area contributed by atoms with Crippen LogP contribution in [0.25, 0.3) is 0 Å². The Morgan fingerprint density at radius 3 is 2.59 bits per heavy atom. The lowest BCUT2D eigenvalue weighted by Crippen LogP contribution is -2.40. The predicted molar refractivity (Wildman–Crippen MR) is 114 cm³/mol. The summed E-state index contributed by atoms with van der Waals surface area (Å²) in [5.74, 6) is 0.619. The summed E-state index contributed by atoms with van der Waals surface area (Å²) in [7, 11) is 1.38. The van der Waals surface area contributed by atoms with Crippen molar-refractivity contribution in [2.75, 3.05) is 20.2 Å². The molecule has 1 N–H and O–H groups in total. The fraction of sp³-hybridized carbons (Fsp3) is 0.478. The lowest BCUT2D eigenvalue weighted by atomic mass is 9.93. The number of carbonyl (C=O) groups excluding carboxylic acids is 3. The monoisotopic (exact) mass is 441 g/mol. The van der Waals surface area contributed by atoms with Gasteiger partial charge in [-0.1, -0.05) is 0 Å². The second kappa shape index (κ2) is 9.02. The van der Waals surface area contributed by atoms with Crippen molar-refractivity contribution in [2.24, 2.45) is 11.0 Å². The molecule has 2 aromatic heterocycles. The lowest BCUT2D eigenvalue weighted by Gasteiger charge is -2.30. The molecule has 0 bridgehead atoms. The number of fused-ring (bicyclic) bond motifs is 1. The average Bonchev–Trinajstić information content (AvgIpc) is 3.40. The first-order valence-electron chi connectivity index (χ1n) is 10.8. The van der Waals surface area contributed by atoms with Crippen LogP contribution in [0.4, 0.5) is 0 Å². The maximum Gasteiger partial charge on any atom is 0.308 e. The Balaban J connectivity index is 1.51. The molecule has 1 aliphatic carbocycles. The highest BCUT2D eigenvalue weighted by atomic mass is 16.5. The van der Waals surface area contributed by atoms with E-state index in [1.165, 1.54) is 13.4 Å². The van der Waals surface area contributed by atoms with Crippen LogP contribution in [0.15, 0.2) is 26.3 Å². The predicted octanol–water partition coefficient (Wildman–Crippen LogP) is 2.99. The highest BCUT2D eigenvalue weighted by Crippen LogP contribution is 2.31. The number of ether oxygens (including phenoxy) is 1. The lowest BCUT2D eigenvalue weighted by molar-refractivity contribution is -0.146. The van der Waals surface area contributed by atoms with Crippen molar-refractivity contribution < 1.29 is 28.0 Å². The minimum absolute atomic E-state index is 0.170. The number of likely N-dealkylation sites (tertiary alicyclic amines) is 1. The third-order valence-corrected chi connectivity index (χ3v) is 6.23. The number of hydrazone groups is 1. The first kappa shape index (κ1) is 21.9. The topological polar surface area (TPSA) is 114 Å². The number of rotatable bonds is 4. The zero-order valence-electron chi connectivity index (χ0n) is 18.5. The molecule has 0 spiro atoms. The summed E-state index contributed by atoms with van der Waals surface area (Å²) in [6.45, 7) is 4.52. The Morgan fingerprint density at radius 2 is 1.94 bits per heavy atom. The molecule has 1 saturated heterocycles. The molecule has 32 heavy (non-hydrogen) atoms. The van der Waals surface area contributed by atoms with Crippen LogP contribution in [0, 0.1) is 19.8 Å². The molecule has 0 unspecified atom stereocenters. The summed E-state index contributed by atoms with van der Waals surface area (Å²) >= 11 is 0. The zero-order valence-corrected chi connectivity index (χ0v) is 18.5. The van der Waals surface area contributed by atoms with Crippen molar-refractivity contribution in [3.8, 4) is 0 Å². The Hall–Kier alpha value is -3.36. The van der Waals surface area contributed by atoms with Crippen molar-refractivity contribution in [3.63, 3.8) is 0 Å². The molecule has 4 rings (SSSR count). The van der Waals surface area contributed by atoms with Gasteiger partial charge in [-0.15, -0.1) is 0 Å². The quantitative estimate of drug-likeness (QED) is 0.576. The van der Waals surface area contributed by atoms with Crippen molar-refractivity contribution >= 4 is 23.5 Å². The molecular formula is C23H27N3O6. The molecule has 0 saturated carbocycles. The number of aryl methyl sites for hydroxylation is 2. The van der Waals surface area contributed by atoms with Crippen molar-refractivity contribution in [2.45, 2.75) is 46.0 Å². The van der Waals surface area contributed by atoms with E-state index in [2.05, 4.69) is 10.5 Å². The molecule has 0 radical (unpaired) electrons. The highest BCUT2D eigenvalue weighted by Gasteiger charge is 2.33. The molecule has 3 heterocycles. The van der Waals surface area contributed by atoms with Crippen molar-refractivity contribution in [1.82, 2.24) is 10.3 Å². The van der Waals surface area contributed by atoms with Gasteiger partial charge in [-0.05, 0) is 45.6 Å². The van der Waals surface area contributed by atoms with E-state index >= 15 is 0 Å². The van der Waals surface area contributed by atoms with Gasteiger partial charge in [0.15, 0.2) is 5.76 Å². The van der Waals surface area contributed by atoms with E-state index in [-0.39, 0.29) is 23.7 Å². The molecule has 1 aliphatic heterocycles. The van der Waals surface area contributed by atoms with E-state index < -0.39 is 0 Å². The standard InChI is InChI=1S/C23H27N3O6/c1-13-19-17(24-25-21(27)16-9-12-31-14(16)2)5-4-6-18(19)32-20(13)22(28)26-10-7-15(8-11-26)23(29)30-3/h9,12,15H,4-8,10-11H2,1-3H3,(H,25,27)/b24-17+. The van der Waals surface area contributed by atoms with Crippen LogP contribution < -0.4 is 5.43 Å². The summed E-state index contributed by atoms with van der Waals surface area (Å²) in [6, 6.07) is 1.60. The second-order valence-corrected chi connectivity index (χ2v) is 8.19. The van der Waals surface area contributed by atoms with Crippen LogP contribution in [0.1, 0.15) is 69.2 Å². The molecule has 2 amide bonds. The van der Waals surface area contributed by atoms with E-state index in [1.54, 1.807) is 17.9 Å². The van der Waals surface area contributed by atoms with Gasteiger partial charge in [0.2, 0.25) is 0 Å². The Bertz CT molecular complexity index is 1070. The third-order valence-electron chi connectivity index (χ3n) is 6.23. The molecule has 170 valence electrons. The van der Waals surface area contributed by atoms with Crippen molar-refractivity contribution in [1.29, 1.82) is 0 Å². The molecule has 9 heteroatoms. The Labute approximate surface area is 185 Å². The Kier molecular flexibility index (Phi) is 6.16. The van der Waals surface area contributed by atoms with Gasteiger partial charge in [0, 0.05) is 30.6 Å². The number of nitrogens with one attached hydrogen (secondary N) is 1. The van der Waals surface area contributed by atoms with E-state index in [9.17, 15) is 14.4 Å². The van der Waals surface area contributed by atoms with Gasteiger partial charge in [0.25, 0.3) is 11.8 Å². The average molecular weight is 441 g/mol. The minimum atomic E-state index is -0.346. The van der Waals surface area contributed by atoms with Crippen molar-refractivity contribution in [3.05, 3.63) is 46.3 Å². The fourth-order valence-electron chi connectivity index (χ4n) is 4.41. The van der Waals surface area contributed by atoms with Gasteiger partial charge < -0.3 is 18.5 Å². The van der Waals surface area contributed by atoms with E-state index in [4.69, 9.17) is 13.6 Å². The third kappa shape index (κ3) is 4.06. The minimum Gasteiger partial charge on any atom is -0.469 e. The number of hydrogen-bond acceptors (Lipinski definition) is 7. The molecule has 0 atom stereocenters. The SMILES string of the molecule is COC(=O)C1CCN(C(=O)c2oc3c(c2C)/C(=N/NC(=O)c2ccoc2C)CCC3)CC1. The number of furan rings is 2. The van der Waals surface area contributed by atoms with E-state index in [1.807, 2.05) is 6.92 Å².